The molecule has 6 heteroatoms. The molecule has 1 spiro atoms. The molecule has 20 heavy (non-hydrogen) atoms. The molecule has 1 amide bonds. The Hall–Kier alpha value is -0.620. The second kappa shape index (κ2) is 5.30. The zero-order chi connectivity index (χ0) is 14.2. The van der Waals surface area contributed by atoms with Gasteiger partial charge in [0.1, 0.15) is 0 Å². The summed E-state index contributed by atoms with van der Waals surface area (Å²) >= 11 is 0. The molecule has 0 aromatic carbocycles. The van der Waals surface area contributed by atoms with Gasteiger partial charge in [-0.15, -0.1) is 0 Å². The number of nitrogens with one attached hydrogen (secondary N) is 2. The highest BCUT2D eigenvalue weighted by atomic mass is 32.2. The first-order valence-corrected chi connectivity index (χ1v) is 9.53. The van der Waals surface area contributed by atoms with Crippen molar-refractivity contribution in [3.8, 4) is 0 Å². The van der Waals surface area contributed by atoms with Crippen LogP contribution in [0.5, 0.6) is 0 Å². The normalized spacial score (nSPS) is 34.6. The fourth-order valence-corrected chi connectivity index (χ4v) is 5.71. The van der Waals surface area contributed by atoms with Crippen LogP contribution in [0.3, 0.4) is 0 Å². The molecule has 2 atom stereocenters. The summed E-state index contributed by atoms with van der Waals surface area (Å²) in [5.41, 5.74) is 0.285. The van der Waals surface area contributed by atoms with Crippen molar-refractivity contribution in [3.05, 3.63) is 0 Å². The molecule has 3 aliphatic rings. The van der Waals surface area contributed by atoms with E-state index in [1.807, 2.05) is 0 Å². The van der Waals surface area contributed by atoms with E-state index in [0.29, 0.717) is 12.8 Å². The third-order valence-electron chi connectivity index (χ3n) is 5.11. The van der Waals surface area contributed by atoms with Crippen LogP contribution in [0, 0.1) is 5.92 Å². The molecule has 3 rings (SSSR count). The molecule has 2 aliphatic heterocycles. The quantitative estimate of drug-likeness (QED) is 0.800. The molecule has 1 aliphatic carbocycles. The van der Waals surface area contributed by atoms with Crippen molar-refractivity contribution in [2.24, 2.45) is 5.92 Å². The Balaban J connectivity index is 1.47. The number of carbonyl (C=O) groups excluding carboxylic acids is 1. The van der Waals surface area contributed by atoms with Crippen LogP contribution in [0.2, 0.25) is 0 Å². The van der Waals surface area contributed by atoms with E-state index in [2.05, 4.69) is 10.6 Å². The van der Waals surface area contributed by atoms with Crippen LogP contribution in [-0.2, 0) is 14.6 Å². The Morgan fingerprint density at radius 2 is 2.10 bits per heavy atom. The average Bonchev–Trinajstić information content (AvgIpc) is 2.66. The van der Waals surface area contributed by atoms with Gasteiger partial charge >= 0.3 is 0 Å². The zero-order valence-electron chi connectivity index (χ0n) is 11.9. The first kappa shape index (κ1) is 14.3. The summed E-state index contributed by atoms with van der Waals surface area (Å²) in [7, 11) is -2.88. The Morgan fingerprint density at radius 1 is 1.30 bits per heavy atom. The van der Waals surface area contributed by atoms with Gasteiger partial charge in [-0.3, -0.25) is 4.79 Å². The SMILES string of the molecule is O=C(CC1CCS(=O)(=O)C1)NC1CCNC2(CCC2)C1. The molecular formula is C14H24N2O3S. The molecule has 1 saturated carbocycles. The molecule has 2 saturated heterocycles. The van der Waals surface area contributed by atoms with E-state index in [4.69, 9.17) is 0 Å². The first-order chi connectivity index (χ1) is 9.46. The number of carbonyl (C=O) groups is 1. The van der Waals surface area contributed by atoms with Crippen LogP contribution in [0.15, 0.2) is 0 Å². The van der Waals surface area contributed by atoms with E-state index in [1.54, 1.807) is 0 Å². The molecule has 0 bridgehead atoms. The van der Waals surface area contributed by atoms with E-state index in [0.717, 1.165) is 19.4 Å². The standard InChI is InChI=1S/C14H24N2O3S/c17-13(8-11-3-7-20(18,19)10-11)16-12-2-6-15-14(9-12)4-1-5-14/h11-12,15H,1-10H2,(H,16,17). The number of piperidine rings is 1. The van der Waals surface area contributed by atoms with Gasteiger partial charge in [-0.05, 0) is 51.0 Å². The van der Waals surface area contributed by atoms with E-state index in [-0.39, 0.29) is 34.9 Å². The highest BCUT2D eigenvalue weighted by Crippen LogP contribution is 2.38. The van der Waals surface area contributed by atoms with Crippen molar-refractivity contribution in [1.29, 1.82) is 0 Å². The van der Waals surface area contributed by atoms with E-state index < -0.39 is 9.84 Å². The van der Waals surface area contributed by atoms with Gasteiger partial charge in [0, 0.05) is 18.0 Å². The lowest BCUT2D eigenvalue weighted by molar-refractivity contribution is -0.123. The third-order valence-corrected chi connectivity index (χ3v) is 6.94. The number of hydrogen-bond acceptors (Lipinski definition) is 4. The predicted octanol–water partition coefficient (Wildman–Crippen LogP) is 0.602. The summed E-state index contributed by atoms with van der Waals surface area (Å²) in [5, 5.41) is 6.71. The van der Waals surface area contributed by atoms with Gasteiger partial charge in [-0.1, -0.05) is 0 Å². The Bertz CT molecular complexity index is 485. The monoisotopic (exact) mass is 300 g/mol. The topological polar surface area (TPSA) is 75.3 Å². The number of rotatable bonds is 3. The summed E-state index contributed by atoms with van der Waals surface area (Å²) < 4.78 is 22.8. The second-order valence-corrected chi connectivity index (χ2v) is 9.02. The molecule has 114 valence electrons. The average molecular weight is 300 g/mol. The van der Waals surface area contributed by atoms with Gasteiger partial charge in [0.05, 0.1) is 11.5 Å². The van der Waals surface area contributed by atoms with E-state index in [1.165, 1.54) is 19.3 Å². The lowest BCUT2D eigenvalue weighted by Crippen LogP contribution is -2.59. The van der Waals surface area contributed by atoms with Gasteiger partial charge in [0.15, 0.2) is 9.84 Å². The first-order valence-electron chi connectivity index (χ1n) is 7.71. The van der Waals surface area contributed by atoms with Crippen LogP contribution < -0.4 is 10.6 Å². The minimum atomic E-state index is -2.88. The van der Waals surface area contributed by atoms with Gasteiger partial charge in [0.25, 0.3) is 0 Å². The van der Waals surface area contributed by atoms with Crippen molar-refractivity contribution >= 4 is 15.7 Å². The molecular weight excluding hydrogens is 276 g/mol. The molecule has 2 unspecified atom stereocenters. The molecule has 0 aromatic heterocycles. The Morgan fingerprint density at radius 3 is 2.70 bits per heavy atom. The minimum absolute atomic E-state index is 0.0272. The predicted molar refractivity (Wildman–Crippen MR) is 77.1 cm³/mol. The number of hydrogen-bond donors (Lipinski definition) is 2. The smallest absolute Gasteiger partial charge is 0.220 e. The highest BCUT2D eigenvalue weighted by molar-refractivity contribution is 7.91. The van der Waals surface area contributed by atoms with Crippen LogP contribution in [0.4, 0.5) is 0 Å². The molecule has 0 radical (unpaired) electrons. The maximum Gasteiger partial charge on any atom is 0.220 e. The van der Waals surface area contributed by atoms with E-state index in [9.17, 15) is 13.2 Å². The largest absolute Gasteiger partial charge is 0.353 e. The van der Waals surface area contributed by atoms with Crippen LogP contribution in [0.25, 0.3) is 0 Å². The lowest BCUT2D eigenvalue weighted by atomic mass is 9.70. The number of sulfone groups is 1. The van der Waals surface area contributed by atoms with Crippen molar-refractivity contribution in [1.82, 2.24) is 10.6 Å². The lowest BCUT2D eigenvalue weighted by Gasteiger charge is -2.48. The van der Waals surface area contributed by atoms with Gasteiger partial charge < -0.3 is 10.6 Å². The van der Waals surface area contributed by atoms with Gasteiger partial charge in [0.2, 0.25) is 5.91 Å². The summed E-state index contributed by atoms with van der Waals surface area (Å²) in [5.74, 6) is 0.505. The van der Waals surface area contributed by atoms with Crippen LogP contribution >= 0.6 is 0 Å². The Kier molecular flexibility index (Phi) is 3.79. The maximum absolute atomic E-state index is 12.1. The third kappa shape index (κ3) is 3.17. The van der Waals surface area contributed by atoms with Gasteiger partial charge in [-0.2, -0.15) is 0 Å². The highest BCUT2D eigenvalue weighted by Gasteiger charge is 2.41. The fourth-order valence-electron chi connectivity index (χ4n) is 3.85. The maximum atomic E-state index is 12.1. The molecule has 5 nitrogen and oxygen atoms in total. The van der Waals surface area contributed by atoms with Crippen LogP contribution in [-0.4, -0.2) is 44.0 Å². The second-order valence-electron chi connectivity index (χ2n) is 6.79. The summed E-state index contributed by atoms with van der Waals surface area (Å²) in [4.78, 5) is 12.1. The van der Waals surface area contributed by atoms with Crippen molar-refractivity contribution in [2.45, 2.75) is 56.5 Å². The molecule has 2 heterocycles. The molecule has 0 aromatic rings. The number of amides is 1. The van der Waals surface area contributed by atoms with E-state index >= 15 is 0 Å². The van der Waals surface area contributed by atoms with Crippen molar-refractivity contribution in [3.63, 3.8) is 0 Å². The van der Waals surface area contributed by atoms with Crippen molar-refractivity contribution in [2.75, 3.05) is 18.1 Å². The summed E-state index contributed by atoms with van der Waals surface area (Å²) in [6.45, 7) is 0.975. The van der Waals surface area contributed by atoms with Gasteiger partial charge in [-0.25, -0.2) is 8.42 Å². The summed E-state index contributed by atoms with van der Waals surface area (Å²) in [6.07, 6.45) is 6.76. The zero-order valence-corrected chi connectivity index (χ0v) is 12.7. The fraction of sp³-hybridized carbons (Fsp3) is 0.929. The minimum Gasteiger partial charge on any atom is -0.353 e. The molecule has 3 fully saturated rings. The van der Waals surface area contributed by atoms with Crippen molar-refractivity contribution < 1.29 is 13.2 Å². The Labute approximate surface area is 120 Å². The summed E-state index contributed by atoms with van der Waals surface area (Å²) in [6, 6.07) is 0.266. The molecule has 2 N–H and O–H groups in total. The van der Waals surface area contributed by atoms with Crippen LogP contribution in [0.1, 0.15) is 44.9 Å².